The van der Waals surface area contributed by atoms with E-state index in [2.05, 4.69) is 20.5 Å². The van der Waals surface area contributed by atoms with Gasteiger partial charge in [0.1, 0.15) is 16.5 Å². The van der Waals surface area contributed by atoms with Crippen LogP contribution in [-0.4, -0.2) is 32.7 Å². The summed E-state index contributed by atoms with van der Waals surface area (Å²) in [6, 6.07) is 16.9. The van der Waals surface area contributed by atoms with Crippen LogP contribution in [0.1, 0.15) is 16.1 Å². The Kier molecular flexibility index (Phi) is 5.16. The Morgan fingerprint density at radius 1 is 1.11 bits per heavy atom. The lowest BCUT2D eigenvalue weighted by Gasteiger charge is -2.04. The summed E-state index contributed by atoms with van der Waals surface area (Å²) in [5, 5.41) is 21.9. The molecular formula is C21H18N4O2S. The van der Waals surface area contributed by atoms with Gasteiger partial charge in [-0.2, -0.15) is 5.10 Å². The molecule has 28 heavy (non-hydrogen) atoms. The molecule has 0 aliphatic rings. The molecule has 140 valence electrons. The van der Waals surface area contributed by atoms with Gasteiger partial charge in [0.05, 0.1) is 17.5 Å². The smallest absolute Gasteiger partial charge is 0.270 e. The lowest BCUT2D eigenvalue weighted by molar-refractivity contribution is 0.0950. The minimum absolute atomic E-state index is 0.203. The number of H-pyrrole nitrogens is 1. The number of rotatable bonds is 6. The lowest BCUT2D eigenvalue weighted by atomic mass is 10.1. The number of amides is 1. The molecule has 2 aromatic carbocycles. The van der Waals surface area contributed by atoms with E-state index in [1.165, 1.54) is 11.3 Å². The van der Waals surface area contributed by atoms with Crippen molar-refractivity contribution in [2.75, 3.05) is 6.54 Å². The molecule has 0 atom stereocenters. The standard InChI is InChI=1S/C21H18N4O2S/c26-16-8-6-14(7-9-16)10-11-22-20(27)18-13-28-21(24-18)17-12-23-25-19(17)15-4-2-1-3-5-15/h1-9,12-13,26H,10-11H2,(H,22,27)(H,23,25). The minimum Gasteiger partial charge on any atom is -0.508 e. The molecule has 0 aliphatic carbocycles. The van der Waals surface area contributed by atoms with E-state index >= 15 is 0 Å². The fraction of sp³-hybridized carbons (Fsp3) is 0.0952. The molecule has 4 rings (SSSR count). The molecule has 0 saturated carbocycles. The van der Waals surface area contributed by atoms with Gasteiger partial charge in [0.15, 0.2) is 0 Å². The first-order chi connectivity index (χ1) is 13.7. The van der Waals surface area contributed by atoms with Crippen molar-refractivity contribution < 1.29 is 9.90 Å². The van der Waals surface area contributed by atoms with Gasteiger partial charge in [-0.05, 0) is 24.1 Å². The van der Waals surface area contributed by atoms with E-state index < -0.39 is 0 Å². The molecular weight excluding hydrogens is 372 g/mol. The molecule has 0 radical (unpaired) electrons. The summed E-state index contributed by atoms with van der Waals surface area (Å²) in [4.78, 5) is 16.9. The van der Waals surface area contributed by atoms with Gasteiger partial charge < -0.3 is 10.4 Å². The monoisotopic (exact) mass is 390 g/mol. The van der Waals surface area contributed by atoms with E-state index in [1.807, 2.05) is 42.5 Å². The molecule has 2 aromatic heterocycles. The average Bonchev–Trinajstić information content (AvgIpc) is 3.39. The van der Waals surface area contributed by atoms with Crippen LogP contribution < -0.4 is 5.32 Å². The third-order valence-electron chi connectivity index (χ3n) is 4.30. The number of nitrogens with zero attached hydrogens (tertiary/aromatic N) is 2. The van der Waals surface area contributed by atoms with E-state index in [4.69, 9.17) is 0 Å². The second kappa shape index (κ2) is 8.06. The number of carbonyl (C=O) groups excluding carboxylic acids is 1. The van der Waals surface area contributed by atoms with Gasteiger partial charge in [0.2, 0.25) is 0 Å². The number of aromatic amines is 1. The Morgan fingerprint density at radius 2 is 1.89 bits per heavy atom. The molecule has 3 N–H and O–H groups in total. The predicted molar refractivity (Wildman–Crippen MR) is 109 cm³/mol. The summed E-state index contributed by atoms with van der Waals surface area (Å²) in [6.07, 6.45) is 2.41. The fourth-order valence-corrected chi connectivity index (χ4v) is 3.66. The van der Waals surface area contributed by atoms with Crippen molar-refractivity contribution in [3.8, 4) is 27.6 Å². The van der Waals surface area contributed by atoms with E-state index in [0.717, 1.165) is 27.4 Å². The molecule has 6 nitrogen and oxygen atoms in total. The van der Waals surface area contributed by atoms with Crippen molar-refractivity contribution in [3.05, 3.63) is 77.4 Å². The third-order valence-corrected chi connectivity index (χ3v) is 5.18. The van der Waals surface area contributed by atoms with Crippen LogP contribution in [-0.2, 0) is 6.42 Å². The zero-order valence-electron chi connectivity index (χ0n) is 14.9. The van der Waals surface area contributed by atoms with E-state index in [1.54, 1.807) is 23.7 Å². The normalized spacial score (nSPS) is 10.7. The van der Waals surface area contributed by atoms with Crippen LogP contribution >= 0.6 is 11.3 Å². The highest BCUT2D eigenvalue weighted by atomic mass is 32.1. The molecule has 0 unspecified atom stereocenters. The van der Waals surface area contributed by atoms with E-state index in [9.17, 15) is 9.90 Å². The molecule has 1 amide bonds. The van der Waals surface area contributed by atoms with Gasteiger partial charge in [0, 0.05) is 17.5 Å². The molecule has 2 heterocycles. The van der Waals surface area contributed by atoms with Crippen molar-refractivity contribution >= 4 is 17.2 Å². The first-order valence-corrected chi connectivity index (χ1v) is 9.69. The third kappa shape index (κ3) is 3.94. The molecule has 0 saturated heterocycles. The molecule has 0 spiro atoms. The number of aromatic hydroxyl groups is 1. The number of thiazole rings is 1. The number of benzene rings is 2. The summed E-state index contributed by atoms with van der Waals surface area (Å²) >= 11 is 1.42. The predicted octanol–water partition coefficient (Wildman–Crippen LogP) is 3.88. The van der Waals surface area contributed by atoms with Crippen molar-refractivity contribution in [1.29, 1.82) is 0 Å². The van der Waals surface area contributed by atoms with Crippen molar-refractivity contribution in [2.45, 2.75) is 6.42 Å². The average molecular weight is 390 g/mol. The number of phenols is 1. The fourth-order valence-electron chi connectivity index (χ4n) is 2.85. The van der Waals surface area contributed by atoms with Crippen LogP contribution in [0.15, 0.2) is 66.2 Å². The molecule has 0 bridgehead atoms. The van der Waals surface area contributed by atoms with Crippen LogP contribution in [0.2, 0.25) is 0 Å². The number of aromatic nitrogens is 3. The largest absolute Gasteiger partial charge is 0.508 e. The number of hydrogen-bond acceptors (Lipinski definition) is 5. The van der Waals surface area contributed by atoms with Crippen LogP contribution in [0.25, 0.3) is 21.8 Å². The Labute approximate surface area is 165 Å². The molecule has 0 fully saturated rings. The summed E-state index contributed by atoms with van der Waals surface area (Å²) < 4.78 is 0. The number of carbonyl (C=O) groups is 1. The Hall–Kier alpha value is -3.45. The second-order valence-corrected chi connectivity index (χ2v) is 7.09. The highest BCUT2D eigenvalue weighted by molar-refractivity contribution is 7.13. The SMILES string of the molecule is O=C(NCCc1ccc(O)cc1)c1csc(-c2cn[nH]c2-c2ccccc2)n1. The van der Waals surface area contributed by atoms with Crippen LogP contribution in [0.4, 0.5) is 0 Å². The number of phenolic OH excluding ortho intramolecular Hbond substituents is 1. The Bertz CT molecular complexity index is 1070. The quantitative estimate of drug-likeness (QED) is 0.466. The first kappa shape index (κ1) is 17.9. The van der Waals surface area contributed by atoms with Gasteiger partial charge in [0.25, 0.3) is 5.91 Å². The second-order valence-electron chi connectivity index (χ2n) is 6.23. The lowest BCUT2D eigenvalue weighted by Crippen LogP contribution is -2.25. The number of hydrogen-bond donors (Lipinski definition) is 3. The molecule has 4 aromatic rings. The summed E-state index contributed by atoms with van der Waals surface area (Å²) in [6.45, 7) is 0.497. The molecule has 7 heteroatoms. The first-order valence-electron chi connectivity index (χ1n) is 8.81. The van der Waals surface area contributed by atoms with E-state index in [0.29, 0.717) is 18.7 Å². The van der Waals surface area contributed by atoms with E-state index in [-0.39, 0.29) is 11.7 Å². The Balaban J connectivity index is 1.43. The molecule has 0 aliphatic heterocycles. The topological polar surface area (TPSA) is 90.9 Å². The van der Waals surface area contributed by atoms with Crippen LogP contribution in [0.5, 0.6) is 5.75 Å². The van der Waals surface area contributed by atoms with Gasteiger partial charge >= 0.3 is 0 Å². The van der Waals surface area contributed by atoms with Crippen LogP contribution in [0.3, 0.4) is 0 Å². The van der Waals surface area contributed by atoms with Gasteiger partial charge in [-0.1, -0.05) is 42.5 Å². The van der Waals surface area contributed by atoms with Gasteiger partial charge in [-0.3, -0.25) is 9.89 Å². The highest BCUT2D eigenvalue weighted by Crippen LogP contribution is 2.31. The minimum atomic E-state index is -0.203. The Morgan fingerprint density at radius 3 is 2.68 bits per heavy atom. The maximum atomic E-state index is 12.4. The number of nitrogens with one attached hydrogen (secondary N) is 2. The summed E-state index contributed by atoms with van der Waals surface area (Å²) in [7, 11) is 0. The van der Waals surface area contributed by atoms with Crippen LogP contribution in [0, 0.1) is 0 Å². The van der Waals surface area contributed by atoms with Gasteiger partial charge in [-0.25, -0.2) is 4.98 Å². The summed E-state index contributed by atoms with van der Waals surface area (Å²) in [5.74, 6) is 0.0305. The van der Waals surface area contributed by atoms with Crippen molar-refractivity contribution in [1.82, 2.24) is 20.5 Å². The summed E-state index contributed by atoms with van der Waals surface area (Å²) in [5.41, 5.74) is 4.22. The van der Waals surface area contributed by atoms with Crippen molar-refractivity contribution in [3.63, 3.8) is 0 Å². The zero-order valence-corrected chi connectivity index (χ0v) is 15.7. The van der Waals surface area contributed by atoms with Gasteiger partial charge in [-0.15, -0.1) is 11.3 Å². The maximum absolute atomic E-state index is 12.4. The maximum Gasteiger partial charge on any atom is 0.270 e. The highest BCUT2D eigenvalue weighted by Gasteiger charge is 2.16. The van der Waals surface area contributed by atoms with Crippen molar-refractivity contribution in [2.24, 2.45) is 0 Å². The zero-order chi connectivity index (χ0) is 19.3.